The van der Waals surface area contributed by atoms with Crippen LogP contribution < -0.4 is 14.4 Å². The minimum atomic E-state index is -3.75. The molecule has 0 radical (unpaired) electrons. The zero-order valence-corrected chi connectivity index (χ0v) is 20.2. The summed E-state index contributed by atoms with van der Waals surface area (Å²) in [5, 5.41) is 2.55. The van der Waals surface area contributed by atoms with Gasteiger partial charge in [-0.1, -0.05) is 29.8 Å². The van der Waals surface area contributed by atoms with Crippen LogP contribution in [0.15, 0.2) is 42.5 Å². The minimum Gasteiger partial charge on any atom is -0.497 e. The normalized spacial score (nSPS) is 12.1. The summed E-state index contributed by atoms with van der Waals surface area (Å²) in [6.45, 7) is 5.02. The molecule has 2 amide bonds. The first-order chi connectivity index (χ1) is 15.0. The van der Waals surface area contributed by atoms with Crippen molar-refractivity contribution in [1.82, 2.24) is 10.2 Å². The van der Waals surface area contributed by atoms with Crippen LogP contribution in [0.1, 0.15) is 23.6 Å². The number of hydrogen-bond donors (Lipinski definition) is 1. The SMILES string of the molecule is CNC(=O)C(C)N(Cc1cccc(OC)c1)C(=O)CN(c1ccc(C)cc1C)S(C)(=O)=O. The third-order valence-electron chi connectivity index (χ3n) is 5.20. The maximum atomic E-state index is 13.4. The lowest BCUT2D eigenvalue weighted by Crippen LogP contribution is -2.50. The minimum absolute atomic E-state index is 0.120. The van der Waals surface area contributed by atoms with E-state index >= 15 is 0 Å². The summed E-state index contributed by atoms with van der Waals surface area (Å²) in [6, 6.07) is 11.7. The van der Waals surface area contributed by atoms with Gasteiger partial charge in [0, 0.05) is 13.6 Å². The van der Waals surface area contributed by atoms with Crippen LogP contribution in [0.5, 0.6) is 5.75 Å². The second kappa shape index (κ2) is 10.5. The van der Waals surface area contributed by atoms with Crippen LogP contribution >= 0.6 is 0 Å². The van der Waals surface area contributed by atoms with Crippen molar-refractivity contribution in [3.63, 3.8) is 0 Å². The van der Waals surface area contributed by atoms with Gasteiger partial charge in [0.2, 0.25) is 21.8 Å². The third-order valence-corrected chi connectivity index (χ3v) is 6.33. The van der Waals surface area contributed by atoms with Crippen molar-refractivity contribution >= 4 is 27.5 Å². The van der Waals surface area contributed by atoms with Gasteiger partial charge in [0.25, 0.3) is 0 Å². The predicted molar refractivity (Wildman–Crippen MR) is 125 cm³/mol. The molecule has 0 aliphatic heterocycles. The van der Waals surface area contributed by atoms with Gasteiger partial charge in [-0.2, -0.15) is 0 Å². The van der Waals surface area contributed by atoms with Crippen molar-refractivity contribution in [2.24, 2.45) is 0 Å². The van der Waals surface area contributed by atoms with Crippen LogP contribution in [-0.2, 0) is 26.2 Å². The molecule has 0 aromatic heterocycles. The fourth-order valence-corrected chi connectivity index (χ4v) is 4.35. The highest BCUT2D eigenvalue weighted by Crippen LogP contribution is 2.24. The average molecular weight is 462 g/mol. The number of amides is 2. The van der Waals surface area contributed by atoms with Crippen molar-refractivity contribution in [2.45, 2.75) is 33.4 Å². The molecule has 1 unspecified atom stereocenters. The number of hydrogen-bond acceptors (Lipinski definition) is 5. The van der Waals surface area contributed by atoms with Gasteiger partial charge in [-0.25, -0.2) is 8.42 Å². The van der Waals surface area contributed by atoms with E-state index in [1.807, 2.05) is 19.1 Å². The molecule has 1 N–H and O–H groups in total. The lowest BCUT2D eigenvalue weighted by molar-refractivity contribution is -0.139. The number of rotatable bonds is 9. The molecule has 0 aliphatic rings. The van der Waals surface area contributed by atoms with Gasteiger partial charge in [0.05, 0.1) is 19.1 Å². The van der Waals surface area contributed by atoms with Crippen LogP contribution in [0, 0.1) is 13.8 Å². The zero-order valence-electron chi connectivity index (χ0n) is 19.4. The number of likely N-dealkylation sites (N-methyl/N-ethyl adjacent to an activating group) is 1. The molecular weight excluding hydrogens is 430 g/mol. The Labute approximate surface area is 190 Å². The number of methoxy groups -OCH3 is 1. The fraction of sp³-hybridized carbons (Fsp3) is 0.391. The Morgan fingerprint density at radius 1 is 1.12 bits per heavy atom. The van der Waals surface area contributed by atoms with Crippen molar-refractivity contribution in [1.29, 1.82) is 0 Å². The molecule has 32 heavy (non-hydrogen) atoms. The number of ether oxygens (including phenoxy) is 1. The predicted octanol–water partition coefficient (Wildman–Crippen LogP) is 2.24. The van der Waals surface area contributed by atoms with Crippen molar-refractivity contribution in [3.8, 4) is 5.75 Å². The first-order valence-corrected chi connectivity index (χ1v) is 12.0. The maximum absolute atomic E-state index is 13.4. The lowest BCUT2D eigenvalue weighted by Gasteiger charge is -2.31. The smallest absolute Gasteiger partial charge is 0.244 e. The van der Waals surface area contributed by atoms with E-state index in [1.165, 1.54) is 11.9 Å². The van der Waals surface area contributed by atoms with E-state index in [4.69, 9.17) is 4.74 Å². The highest BCUT2D eigenvalue weighted by Gasteiger charge is 2.30. The van der Waals surface area contributed by atoms with Crippen molar-refractivity contribution < 1.29 is 22.7 Å². The molecule has 0 saturated carbocycles. The first kappa shape index (κ1) is 25.2. The molecule has 174 valence electrons. The molecule has 0 fully saturated rings. The Hall–Kier alpha value is -3.07. The second-order valence-electron chi connectivity index (χ2n) is 7.72. The Morgan fingerprint density at radius 3 is 2.38 bits per heavy atom. The number of aryl methyl sites for hydroxylation is 2. The molecule has 0 aliphatic carbocycles. The molecule has 2 aromatic rings. The Bertz CT molecular complexity index is 1080. The summed E-state index contributed by atoms with van der Waals surface area (Å²) >= 11 is 0. The lowest BCUT2D eigenvalue weighted by atomic mass is 10.1. The number of carbonyl (C=O) groups excluding carboxylic acids is 2. The molecule has 0 heterocycles. The molecule has 2 rings (SSSR count). The van der Waals surface area contributed by atoms with E-state index in [9.17, 15) is 18.0 Å². The van der Waals surface area contributed by atoms with Crippen molar-refractivity contribution in [2.75, 3.05) is 31.3 Å². The summed E-state index contributed by atoms with van der Waals surface area (Å²) in [7, 11) is -0.715. The largest absolute Gasteiger partial charge is 0.497 e. The maximum Gasteiger partial charge on any atom is 0.244 e. The molecule has 1 atom stereocenters. The van der Waals surface area contributed by atoms with Crippen LogP contribution in [-0.4, -0.2) is 58.1 Å². The number of anilines is 1. The average Bonchev–Trinajstić information content (AvgIpc) is 2.74. The van der Waals surface area contributed by atoms with E-state index in [0.717, 1.165) is 27.3 Å². The van der Waals surface area contributed by atoms with Crippen LogP contribution in [0.25, 0.3) is 0 Å². The number of nitrogens with one attached hydrogen (secondary N) is 1. The van der Waals surface area contributed by atoms with Gasteiger partial charge in [-0.3, -0.25) is 13.9 Å². The van der Waals surface area contributed by atoms with Gasteiger partial charge in [0.1, 0.15) is 18.3 Å². The van der Waals surface area contributed by atoms with Gasteiger partial charge in [-0.05, 0) is 50.1 Å². The number of carbonyl (C=O) groups is 2. The summed E-state index contributed by atoms with van der Waals surface area (Å²) < 4.78 is 31.5. The van der Waals surface area contributed by atoms with Gasteiger partial charge >= 0.3 is 0 Å². The van der Waals surface area contributed by atoms with E-state index in [1.54, 1.807) is 51.3 Å². The highest BCUT2D eigenvalue weighted by molar-refractivity contribution is 7.92. The fourth-order valence-electron chi connectivity index (χ4n) is 3.44. The summed E-state index contributed by atoms with van der Waals surface area (Å²) in [5.74, 6) is -0.219. The van der Waals surface area contributed by atoms with E-state index in [2.05, 4.69) is 5.32 Å². The molecule has 8 nitrogen and oxygen atoms in total. The van der Waals surface area contributed by atoms with Crippen LogP contribution in [0.2, 0.25) is 0 Å². The Morgan fingerprint density at radius 2 is 1.81 bits per heavy atom. The van der Waals surface area contributed by atoms with Crippen LogP contribution in [0.3, 0.4) is 0 Å². The molecule has 2 aromatic carbocycles. The Kier molecular flexibility index (Phi) is 8.26. The first-order valence-electron chi connectivity index (χ1n) is 10.2. The third kappa shape index (κ3) is 6.23. The summed E-state index contributed by atoms with van der Waals surface area (Å²) in [5.41, 5.74) is 2.91. The van der Waals surface area contributed by atoms with Crippen molar-refractivity contribution in [3.05, 3.63) is 59.2 Å². The number of benzene rings is 2. The zero-order chi connectivity index (χ0) is 24.1. The van der Waals surface area contributed by atoms with E-state index in [-0.39, 0.29) is 12.5 Å². The van der Waals surface area contributed by atoms with Crippen LogP contribution in [0.4, 0.5) is 5.69 Å². The topological polar surface area (TPSA) is 96.0 Å². The summed E-state index contributed by atoms with van der Waals surface area (Å²) in [6.07, 6.45) is 1.06. The standard InChI is InChI=1S/C23H31N3O5S/c1-16-10-11-21(17(2)12-16)26(32(6,29)30)15-22(27)25(18(3)23(28)24-4)14-19-8-7-9-20(13-19)31-5/h7-13,18H,14-15H2,1-6H3,(H,24,28). The molecule has 0 bridgehead atoms. The van der Waals surface area contributed by atoms with Gasteiger partial charge < -0.3 is 15.0 Å². The molecule has 0 saturated heterocycles. The number of nitrogens with zero attached hydrogens (tertiary/aromatic N) is 2. The number of sulfonamides is 1. The highest BCUT2D eigenvalue weighted by atomic mass is 32.2. The van der Waals surface area contributed by atoms with Gasteiger partial charge in [-0.15, -0.1) is 0 Å². The Balaban J connectivity index is 2.42. The van der Waals surface area contributed by atoms with E-state index < -0.39 is 28.5 Å². The monoisotopic (exact) mass is 461 g/mol. The van der Waals surface area contributed by atoms with Gasteiger partial charge in [0.15, 0.2) is 0 Å². The molecular formula is C23H31N3O5S. The van der Waals surface area contributed by atoms with E-state index in [0.29, 0.717) is 11.4 Å². The quantitative estimate of drug-likeness (QED) is 0.618. The summed E-state index contributed by atoms with van der Waals surface area (Å²) in [4.78, 5) is 27.1. The molecule has 0 spiro atoms. The second-order valence-corrected chi connectivity index (χ2v) is 9.63. The molecule has 9 heteroatoms.